The number of nitrogens with one attached hydrogen (secondary N) is 1. The third-order valence-electron chi connectivity index (χ3n) is 4.55. The third kappa shape index (κ3) is 3.32. The van der Waals surface area contributed by atoms with Crippen LogP contribution in [0.25, 0.3) is 0 Å². The van der Waals surface area contributed by atoms with Crippen LogP contribution in [0, 0.1) is 15.5 Å². The van der Waals surface area contributed by atoms with Crippen LogP contribution in [-0.4, -0.2) is 17.4 Å². The van der Waals surface area contributed by atoms with E-state index in [9.17, 15) is 14.9 Å². The molecule has 0 radical (unpaired) electrons. The summed E-state index contributed by atoms with van der Waals surface area (Å²) in [4.78, 5) is 21.8. The fraction of sp³-hybridized carbons (Fsp3) is 0.533. The van der Waals surface area contributed by atoms with Crippen LogP contribution in [0.4, 0.5) is 11.4 Å². The number of rotatable bonds is 6. The van der Waals surface area contributed by atoms with Crippen LogP contribution in [0.3, 0.4) is 0 Å². The van der Waals surface area contributed by atoms with Gasteiger partial charge in [0, 0.05) is 18.2 Å². The largest absolute Gasteiger partial charge is 0.379 e. The lowest BCUT2D eigenvalue weighted by atomic mass is 9.83. The van der Waals surface area contributed by atoms with Crippen molar-refractivity contribution >= 4 is 17.3 Å². The van der Waals surface area contributed by atoms with E-state index in [-0.39, 0.29) is 16.7 Å². The van der Waals surface area contributed by atoms with Gasteiger partial charge in [0.15, 0.2) is 0 Å². The maximum absolute atomic E-state index is 11.2. The van der Waals surface area contributed by atoms with Crippen LogP contribution in [0.1, 0.15) is 49.4 Å². The van der Waals surface area contributed by atoms with Gasteiger partial charge in [0.05, 0.1) is 4.92 Å². The minimum absolute atomic E-state index is 0.101. The molecule has 0 spiro atoms. The fourth-order valence-corrected chi connectivity index (χ4v) is 3.05. The minimum atomic E-state index is -0.662. The van der Waals surface area contributed by atoms with Gasteiger partial charge in [-0.3, -0.25) is 14.9 Å². The van der Waals surface area contributed by atoms with Crippen LogP contribution < -0.4 is 11.1 Å². The van der Waals surface area contributed by atoms with E-state index in [0.29, 0.717) is 5.69 Å². The van der Waals surface area contributed by atoms with E-state index in [4.69, 9.17) is 5.73 Å². The number of amides is 1. The van der Waals surface area contributed by atoms with Gasteiger partial charge in [0.25, 0.3) is 5.69 Å². The maximum Gasteiger partial charge on any atom is 0.293 e. The molecule has 0 saturated heterocycles. The molecule has 0 heterocycles. The Balaban J connectivity index is 2.19. The number of carbonyl (C=O) groups is 1. The molecule has 0 aliphatic heterocycles. The number of hydrogen-bond donors (Lipinski definition) is 2. The smallest absolute Gasteiger partial charge is 0.293 e. The Morgan fingerprint density at radius 3 is 2.62 bits per heavy atom. The van der Waals surface area contributed by atoms with Gasteiger partial charge in [-0.2, -0.15) is 0 Å². The van der Waals surface area contributed by atoms with Crippen LogP contribution >= 0.6 is 0 Å². The van der Waals surface area contributed by atoms with Gasteiger partial charge in [-0.1, -0.05) is 19.8 Å². The van der Waals surface area contributed by atoms with Crippen molar-refractivity contribution in [1.29, 1.82) is 0 Å². The normalized spacial score (nSPS) is 16.6. The van der Waals surface area contributed by atoms with Crippen molar-refractivity contribution in [2.75, 3.05) is 11.9 Å². The number of nitro benzene ring substituents is 1. The first-order chi connectivity index (χ1) is 9.97. The molecule has 0 atom stereocenters. The van der Waals surface area contributed by atoms with Gasteiger partial charge in [-0.05, 0) is 36.8 Å². The average Bonchev–Trinajstić information content (AvgIpc) is 2.94. The Morgan fingerprint density at radius 1 is 1.43 bits per heavy atom. The van der Waals surface area contributed by atoms with Crippen molar-refractivity contribution in [2.24, 2.45) is 11.1 Å². The highest BCUT2D eigenvalue weighted by Gasteiger charge is 2.32. The summed E-state index contributed by atoms with van der Waals surface area (Å²) in [6.07, 6.45) is 5.82. The standard InChI is InChI=1S/C15H21N3O3/c1-2-15(7-3-4-8-15)10-17-12-6-5-11(14(16)19)9-13(12)18(20)21/h5-6,9,17H,2-4,7-8,10H2,1H3,(H2,16,19). The molecule has 0 aromatic heterocycles. The summed E-state index contributed by atoms with van der Waals surface area (Å²) < 4.78 is 0. The quantitative estimate of drug-likeness (QED) is 0.621. The molecule has 0 unspecified atom stereocenters. The number of benzene rings is 1. The molecule has 1 aromatic carbocycles. The predicted octanol–water partition coefficient (Wildman–Crippen LogP) is 3.08. The summed E-state index contributed by atoms with van der Waals surface area (Å²) in [5.74, 6) is -0.662. The summed E-state index contributed by atoms with van der Waals surface area (Å²) in [5.41, 5.74) is 5.90. The zero-order valence-electron chi connectivity index (χ0n) is 12.2. The van der Waals surface area contributed by atoms with Gasteiger partial charge in [-0.15, -0.1) is 0 Å². The molecule has 6 heteroatoms. The SMILES string of the molecule is CCC1(CNc2ccc(C(N)=O)cc2[N+](=O)[O-])CCCC1. The molecule has 21 heavy (non-hydrogen) atoms. The highest BCUT2D eigenvalue weighted by molar-refractivity contribution is 5.94. The molecule has 3 N–H and O–H groups in total. The lowest BCUT2D eigenvalue weighted by Gasteiger charge is -2.28. The Hall–Kier alpha value is -2.11. The van der Waals surface area contributed by atoms with Crippen molar-refractivity contribution in [3.8, 4) is 0 Å². The van der Waals surface area contributed by atoms with Crippen molar-refractivity contribution in [2.45, 2.75) is 39.0 Å². The van der Waals surface area contributed by atoms with Crippen LogP contribution in [0.15, 0.2) is 18.2 Å². The maximum atomic E-state index is 11.2. The highest BCUT2D eigenvalue weighted by atomic mass is 16.6. The summed E-state index contributed by atoms with van der Waals surface area (Å²) in [7, 11) is 0. The molecule has 0 bridgehead atoms. The summed E-state index contributed by atoms with van der Waals surface area (Å²) >= 11 is 0. The minimum Gasteiger partial charge on any atom is -0.379 e. The average molecular weight is 291 g/mol. The number of nitrogens with two attached hydrogens (primary N) is 1. The van der Waals surface area contributed by atoms with Gasteiger partial charge in [0.2, 0.25) is 5.91 Å². The topological polar surface area (TPSA) is 98.3 Å². The van der Waals surface area contributed by atoms with E-state index in [1.165, 1.54) is 25.0 Å². The number of carbonyl (C=O) groups excluding carboxylic acids is 1. The van der Waals surface area contributed by atoms with Crippen LogP contribution in [0.5, 0.6) is 0 Å². The molecule has 2 rings (SSSR count). The van der Waals surface area contributed by atoms with Gasteiger partial charge < -0.3 is 11.1 Å². The molecule has 1 amide bonds. The van der Waals surface area contributed by atoms with Crippen LogP contribution in [0.2, 0.25) is 0 Å². The van der Waals surface area contributed by atoms with Gasteiger partial charge >= 0.3 is 0 Å². The third-order valence-corrected chi connectivity index (χ3v) is 4.55. The lowest BCUT2D eigenvalue weighted by Crippen LogP contribution is -2.26. The molecule has 1 aliphatic carbocycles. The molecule has 1 saturated carbocycles. The summed E-state index contributed by atoms with van der Waals surface area (Å²) in [5, 5.41) is 14.4. The number of primary amides is 1. The van der Waals surface area contributed by atoms with E-state index >= 15 is 0 Å². The van der Waals surface area contributed by atoms with E-state index in [1.807, 2.05) is 0 Å². The van der Waals surface area contributed by atoms with Crippen molar-refractivity contribution in [1.82, 2.24) is 0 Å². The summed E-state index contributed by atoms with van der Waals surface area (Å²) in [6.45, 7) is 2.89. The van der Waals surface area contributed by atoms with Crippen LogP contribution in [-0.2, 0) is 0 Å². The molecular weight excluding hydrogens is 270 g/mol. The van der Waals surface area contributed by atoms with E-state index in [1.54, 1.807) is 6.07 Å². The molecular formula is C15H21N3O3. The molecule has 1 aromatic rings. The number of hydrogen-bond acceptors (Lipinski definition) is 4. The van der Waals surface area contributed by atoms with E-state index in [0.717, 1.165) is 25.8 Å². The summed E-state index contributed by atoms with van der Waals surface area (Å²) in [6, 6.07) is 4.32. The lowest BCUT2D eigenvalue weighted by molar-refractivity contribution is -0.384. The van der Waals surface area contributed by atoms with Gasteiger partial charge in [-0.25, -0.2) is 0 Å². The number of nitro groups is 1. The highest BCUT2D eigenvalue weighted by Crippen LogP contribution is 2.41. The van der Waals surface area contributed by atoms with E-state index in [2.05, 4.69) is 12.2 Å². The number of nitrogens with zero attached hydrogens (tertiary/aromatic N) is 1. The molecule has 1 aliphatic rings. The Morgan fingerprint density at radius 2 is 2.10 bits per heavy atom. The first kappa shape index (κ1) is 15.3. The molecule has 6 nitrogen and oxygen atoms in total. The van der Waals surface area contributed by atoms with E-state index < -0.39 is 10.8 Å². The fourth-order valence-electron chi connectivity index (χ4n) is 3.05. The first-order valence-electron chi connectivity index (χ1n) is 7.29. The second kappa shape index (κ2) is 6.11. The number of anilines is 1. The van der Waals surface area contributed by atoms with Crippen molar-refractivity contribution in [3.63, 3.8) is 0 Å². The monoisotopic (exact) mass is 291 g/mol. The Labute approximate surface area is 123 Å². The van der Waals surface area contributed by atoms with Crippen molar-refractivity contribution < 1.29 is 9.72 Å². The zero-order chi connectivity index (χ0) is 15.5. The van der Waals surface area contributed by atoms with Crippen molar-refractivity contribution in [3.05, 3.63) is 33.9 Å². The molecule has 1 fully saturated rings. The first-order valence-corrected chi connectivity index (χ1v) is 7.29. The zero-order valence-corrected chi connectivity index (χ0v) is 12.2. The second-order valence-corrected chi connectivity index (χ2v) is 5.77. The molecule has 114 valence electrons. The second-order valence-electron chi connectivity index (χ2n) is 5.77. The predicted molar refractivity (Wildman–Crippen MR) is 81.3 cm³/mol. The Bertz CT molecular complexity index is 551. The van der Waals surface area contributed by atoms with Gasteiger partial charge in [0.1, 0.15) is 5.69 Å². The Kier molecular flexibility index (Phi) is 4.45.